The lowest BCUT2D eigenvalue weighted by Crippen LogP contribution is -2.23. The smallest absolute Gasteiger partial charge is 0.339 e. The Morgan fingerprint density at radius 1 is 1.09 bits per heavy atom. The number of cyclic esters (lactones) is 1. The number of hydrogen-bond acceptors (Lipinski definition) is 5. The second-order valence-corrected chi connectivity index (χ2v) is 7.54. The van der Waals surface area contributed by atoms with Gasteiger partial charge in [0.05, 0.1) is 21.8 Å². The van der Waals surface area contributed by atoms with Crippen molar-refractivity contribution < 1.29 is 28.2 Å². The van der Waals surface area contributed by atoms with Crippen LogP contribution in [0.25, 0.3) is 0 Å². The van der Waals surface area contributed by atoms with Crippen LogP contribution in [0.2, 0.25) is 5.02 Å². The quantitative estimate of drug-likeness (QED) is 0.565. The van der Waals surface area contributed by atoms with E-state index in [1.165, 1.54) is 18.2 Å². The first-order chi connectivity index (χ1) is 15.4. The standard InChI is InChI=1S/C24H17ClFNO5/c25-19-12-17(26)7-9-20(19)27-22(28)13-31-23(29)15-6-8-18-16(10-15)11-21(32-24(18)30)14-4-2-1-3-5-14/h1-10,12,21H,11,13H2,(H,27,28)/t21-/m0/s1. The summed E-state index contributed by atoms with van der Waals surface area (Å²) in [6.45, 7) is -0.557. The second kappa shape index (κ2) is 9.20. The van der Waals surface area contributed by atoms with Crippen molar-refractivity contribution in [1.82, 2.24) is 0 Å². The molecule has 1 heterocycles. The molecular formula is C24H17ClFNO5. The van der Waals surface area contributed by atoms with Crippen molar-refractivity contribution in [3.05, 3.63) is 99.8 Å². The Morgan fingerprint density at radius 2 is 1.88 bits per heavy atom. The molecule has 4 rings (SSSR count). The zero-order chi connectivity index (χ0) is 22.7. The van der Waals surface area contributed by atoms with Crippen molar-refractivity contribution in [2.24, 2.45) is 0 Å². The number of anilines is 1. The number of benzene rings is 3. The van der Waals surface area contributed by atoms with Gasteiger partial charge in [-0.15, -0.1) is 0 Å². The molecular weight excluding hydrogens is 437 g/mol. The molecule has 1 amide bonds. The Kier molecular flexibility index (Phi) is 6.18. The van der Waals surface area contributed by atoms with Crippen LogP contribution in [0.3, 0.4) is 0 Å². The Morgan fingerprint density at radius 3 is 2.62 bits per heavy atom. The fourth-order valence-electron chi connectivity index (χ4n) is 3.37. The van der Waals surface area contributed by atoms with Crippen LogP contribution in [0.4, 0.5) is 10.1 Å². The number of carbonyl (C=O) groups is 3. The number of hydrogen-bond donors (Lipinski definition) is 1. The maximum atomic E-state index is 13.1. The number of rotatable bonds is 5. The summed E-state index contributed by atoms with van der Waals surface area (Å²) in [5.74, 6) is -2.35. The zero-order valence-electron chi connectivity index (χ0n) is 16.6. The number of amides is 1. The SMILES string of the molecule is O=C(COC(=O)c1ccc2c(c1)C[C@@H](c1ccccc1)OC2=O)Nc1ccc(F)cc1Cl. The summed E-state index contributed by atoms with van der Waals surface area (Å²) >= 11 is 5.87. The van der Waals surface area contributed by atoms with Crippen LogP contribution in [-0.4, -0.2) is 24.5 Å². The third-order valence-electron chi connectivity index (χ3n) is 4.93. The lowest BCUT2D eigenvalue weighted by molar-refractivity contribution is -0.119. The largest absolute Gasteiger partial charge is 0.454 e. The van der Waals surface area contributed by atoms with Gasteiger partial charge in [0.1, 0.15) is 11.9 Å². The Labute approximate surface area is 187 Å². The maximum Gasteiger partial charge on any atom is 0.339 e. The number of halogens is 2. The van der Waals surface area contributed by atoms with Gasteiger partial charge in [-0.25, -0.2) is 14.0 Å². The molecule has 0 saturated heterocycles. The zero-order valence-corrected chi connectivity index (χ0v) is 17.4. The minimum atomic E-state index is -0.719. The Bertz CT molecular complexity index is 1200. The van der Waals surface area contributed by atoms with Crippen LogP contribution >= 0.6 is 11.6 Å². The van der Waals surface area contributed by atoms with Crippen molar-refractivity contribution >= 4 is 35.1 Å². The molecule has 1 aliphatic rings. The molecule has 1 N–H and O–H groups in total. The molecule has 0 unspecified atom stereocenters. The minimum Gasteiger partial charge on any atom is -0.454 e. The van der Waals surface area contributed by atoms with Crippen LogP contribution in [0, 0.1) is 5.82 Å². The van der Waals surface area contributed by atoms with Crippen molar-refractivity contribution in [3.8, 4) is 0 Å². The van der Waals surface area contributed by atoms with E-state index in [0.717, 1.165) is 17.7 Å². The number of nitrogens with one attached hydrogen (secondary N) is 1. The molecule has 0 radical (unpaired) electrons. The number of fused-ring (bicyclic) bond motifs is 1. The Balaban J connectivity index is 1.41. The summed E-state index contributed by atoms with van der Waals surface area (Å²) in [7, 11) is 0. The monoisotopic (exact) mass is 453 g/mol. The van der Waals surface area contributed by atoms with Gasteiger partial charge in [0.25, 0.3) is 5.91 Å². The third kappa shape index (κ3) is 4.78. The van der Waals surface area contributed by atoms with E-state index >= 15 is 0 Å². The van der Waals surface area contributed by atoms with Gasteiger partial charge >= 0.3 is 11.9 Å². The van der Waals surface area contributed by atoms with Gasteiger partial charge in [0, 0.05) is 6.42 Å². The molecule has 1 atom stereocenters. The van der Waals surface area contributed by atoms with Gasteiger partial charge in [-0.3, -0.25) is 4.79 Å². The molecule has 0 fully saturated rings. The second-order valence-electron chi connectivity index (χ2n) is 7.13. The molecule has 8 heteroatoms. The highest BCUT2D eigenvalue weighted by atomic mass is 35.5. The first kappa shape index (κ1) is 21.5. The summed E-state index contributed by atoms with van der Waals surface area (Å²) in [5.41, 5.74) is 2.31. The summed E-state index contributed by atoms with van der Waals surface area (Å²) in [5, 5.41) is 2.48. The van der Waals surface area contributed by atoms with Crippen molar-refractivity contribution in [3.63, 3.8) is 0 Å². The van der Waals surface area contributed by atoms with Gasteiger partial charge in [-0.1, -0.05) is 41.9 Å². The molecule has 1 aliphatic heterocycles. The number of ether oxygens (including phenoxy) is 2. The molecule has 0 aromatic heterocycles. The molecule has 0 saturated carbocycles. The molecule has 32 heavy (non-hydrogen) atoms. The van der Waals surface area contributed by atoms with Gasteiger partial charge in [-0.05, 0) is 47.5 Å². The van der Waals surface area contributed by atoms with Crippen LogP contribution in [0.1, 0.15) is 37.9 Å². The van der Waals surface area contributed by atoms with E-state index in [1.807, 2.05) is 30.3 Å². The minimum absolute atomic E-state index is 0.0271. The molecule has 162 valence electrons. The summed E-state index contributed by atoms with van der Waals surface area (Å²) in [6, 6.07) is 17.4. The first-order valence-corrected chi connectivity index (χ1v) is 10.1. The first-order valence-electron chi connectivity index (χ1n) is 9.71. The molecule has 3 aromatic rings. The van der Waals surface area contributed by atoms with Crippen LogP contribution < -0.4 is 5.32 Å². The summed E-state index contributed by atoms with van der Waals surface area (Å²) in [4.78, 5) is 36.9. The average molecular weight is 454 g/mol. The van der Waals surface area contributed by atoms with E-state index in [-0.39, 0.29) is 16.3 Å². The summed E-state index contributed by atoms with van der Waals surface area (Å²) in [6.07, 6.45) is -0.0378. The third-order valence-corrected chi connectivity index (χ3v) is 5.24. The highest BCUT2D eigenvalue weighted by molar-refractivity contribution is 6.33. The van der Waals surface area contributed by atoms with E-state index in [2.05, 4.69) is 5.32 Å². The lowest BCUT2D eigenvalue weighted by Gasteiger charge is -2.25. The lowest BCUT2D eigenvalue weighted by atomic mass is 9.93. The highest BCUT2D eigenvalue weighted by Gasteiger charge is 2.28. The van der Waals surface area contributed by atoms with E-state index < -0.39 is 36.4 Å². The van der Waals surface area contributed by atoms with Crippen LogP contribution in [0.15, 0.2) is 66.7 Å². The van der Waals surface area contributed by atoms with Crippen LogP contribution in [0.5, 0.6) is 0 Å². The van der Waals surface area contributed by atoms with E-state index in [9.17, 15) is 18.8 Å². The normalized spacial score (nSPS) is 14.8. The topological polar surface area (TPSA) is 81.7 Å². The fraction of sp³-hybridized carbons (Fsp3) is 0.125. The van der Waals surface area contributed by atoms with Gasteiger partial charge < -0.3 is 14.8 Å². The molecule has 6 nitrogen and oxygen atoms in total. The van der Waals surface area contributed by atoms with Crippen molar-refractivity contribution in [1.29, 1.82) is 0 Å². The van der Waals surface area contributed by atoms with E-state index in [0.29, 0.717) is 17.5 Å². The van der Waals surface area contributed by atoms with Crippen molar-refractivity contribution in [2.45, 2.75) is 12.5 Å². The van der Waals surface area contributed by atoms with Gasteiger partial charge in [0.2, 0.25) is 0 Å². The van der Waals surface area contributed by atoms with Gasteiger partial charge in [-0.2, -0.15) is 0 Å². The molecule has 0 aliphatic carbocycles. The number of esters is 2. The van der Waals surface area contributed by atoms with E-state index in [1.54, 1.807) is 6.07 Å². The molecule has 0 bridgehead atoms. The Hall–Kier alpha value is -3.71. The summed E-state index contributed by atoms with van der Waals surface area (Å²) < 4.78 is 23.7. The van der Waals surface area contributed by atoms with Crippen molar-refractivity contribution in [2.75, 3.05) is 11.9 Å². The fourth-order valence-corrected chi connectivity index (χ4v) is 3.58. The predicted octanol–water partition coefficient (Wildman–Crippen LogP) is 4.73. The van der Waals surface area contributed by atoms with E-state index in [4.69, 9.17) is 21.1 Å². The van der Waals surface area contributed by atoms with Crippen LogP contribution in [-0.2, 0) is 20.7 Å². The highest BCUT2D eigenvalue weighted by Crippen LogP contribution is 2.31. The number of carbonyl (C=O) groups excluding carboxylic acids is 3. The van der Waals surface area contributed by atoms with Gasteiger partial charge in [0.15, 0.2) is 6.61 Å². The average Bonchev–Trinajstić information content (AvgIpc) is 2.79. The predicted molar refractivity (Wildman–Crippen MR) is 115 cm³/mol. The molecule has 3 aromatic carbocycles. The maximum absolute atomic E-state index is 13.1. The molecule has 0 spiro atoms.